The van der Waals surface area contributed by atoms with E-state index in [1.807, 2.05) is 33.8 Å². The summed E-state index contributed by atoms with van der Waals surface area (Å²) in [5.41, 5.74) is 2.34. The van der Waals surface area contributed by atoms with Crippen molar-refractivity contribution < 1.29 is 24.1 Å². The number of phenols is 1. The molecule has 0 heterocycles. The van der Waals surface area contributed by atoms with Gasteiger partial charge in [0.15, 0.2) is 0 Å². The standard InChI is InChI=1S/C24H27FO4/c1-5-16(4)29-21-14-18(10-7-17-8-11-19(25)12-9-17)22(24(27)28)23(26)20(21)13-6-15(2)3/h6-12,14,16,26H,5,13H2,1-4H3,(H,27,28). The molecule has 2 aromatic rings. The van der Waals surface area contributed by atoms with Crippen LogP contribution in [0.3, 0.4) is 0 Å². The molecule has 0 amide bonds. The Morgan fingerprint density at radius 2 is 1.86 bits per heavy atom. The fourth-order valence-corrected chi connectivity index (χ4v) is 2.73. The molecule has 0 aliphatic heterocycles. The van der Waals surface area contributed by atoms with Crippen molar-refractivity contribution in [1.82, 2.24) is 0 Å². The van der Waals surface area contributed by atoms with Crippen LogP contribution in [0.4, 0.5) is 4.39 Å². The van der Waals surface area contributed by atoms with Gasteiger partial charge in [0.1, 0.15) is 22.9 Å². The maximum absolute atomic E-state index is 13.1. The van der Waals surface area contributed by atoms with Crippen molar-refractivity contribution in [3.8, 4) is 11.5 Å². The zero-order valence-corrected chi connectivity index (χ0v) is 17.2. The van der Waals surface area contributed by atoms with Crippen LogP contribution in [0.2, 0.25) is 0 Å². The molecule has 0 fully saturated rings. The number of benzene rings is 2. The van der Waals surface area contributed by atoms with Gasteiger partial charge in [0.25, 0.3) is 0 Å². The Kier molecular flexibility index (Phi) is 7.59. The SMILES string of the molecule is CCC(C)Oc1cc(C=Cc2ccc(F)cc2)c(C(=O)O)c(O)c1CC=C(C)C. The Bertz CT molecular complexity index is 923. The third-order valence-corrected chi connectivity index (χ3v) is 4.55. The molecule has 0 aromatic heterocycles. The van der Waals surface area contributed by atoms with Crippen LogP contribution >= 0.6 is 0 Å². The smallest absolute Gasteiger partial charge is 0.340 e. The summed E-state index contributed by atoms with van der Waals surface area (Å²) in [6.45, 7) is 7.77. The van der Waals surface area contributed by atoms with Crippen LogP contribution in [-0.2, 0) is 6.42 Å². The second-order valence-corrected chi connectivity index (χ2v) is 7.18. The summed E-state index contributed by atoms with van der Waals surface area (Å²) >= 11 is 0. The van der Waals surface area contributed by atoms with E-state index in [1.165, 1.54) is 12.1 Å². The van der Waals surface area contributed by atoms with Crippen LogP contribution in [-0.4, -0.2) is 22.3 Å². The van der Waals surface area contributed by atoms with Crippen molar-refractivity contribution in [2.24, 2.45) is 0 Å². The molecule has 0 bridgehead atoms. The zero-order chi connectivity index (χ0) is 21.6. The molecule has 0 aliphatic carbocycles. The molecule has 1 atom stereocenters. The number of halogens is 1. The average molecular weight is 398 g/mol. The van der Waals surface area contributed by atoms with E-state index in [1.54, 1.807) is 30.4 Å². The molecule has 2 N–H and O–H groups in total. The number of carbonyl (C=O) groups is 1. The normalized spacial score (nSPS) is 12.0. The fraction of sp³-hybridized carbons (Fsp3) is 0.292. The Morgan fingerprint density at radius 3 is 2.41 bits per heavy atom. The predicted molar refractivity (Wildman–Crippen MR) is 114 cm³/mol. The number of ether oxygens (including phenoxy) is 1. The van der Waals surface area contributed by atoms with E-state index in [0.717, 1.165) is 12.0 Å². The van der Waals surface area contributed by atoms with Crippen molar-refractivity contribution in [2.45, 2.75) is 46.6 Å². The lowest BCUT2D eigenvalue weighted by Gasteiger charge is -2.19. The van der Waals surface area contributed by atoms with Crippen molar-refractivity contribution in [2.75, 3.05) is 0 Å². The minimum atomic E-state index is -1.23. The first-order chi connectivity index (χ1) is 13.7. The lowest BCUT2D eigenvalue weighted by Crippen LogP contribution is -2.13. The van der Waals surface area contributed by atoms with Gasteiger partial charge >= 0.3 is 5.97 Å². The largest absolute Gasteiger partial charge is 0.507 e. The summed E-state index contributed by atoms with van der Waals surface area (Å²) in [5.74, 6) is -1.42. The van der Waals surface area contributed by atoms with Gasteiger partial charge in [0.2, 0.25) is 0 Å². The Morgan fingerprint density at radius 1 is 1.21 bits per heavy atom. The van der Waals surface area contributed by atoms with Crippen LogP contribution in [0.1, 0.15) is 61.2 Å². The molecule has 4 nitrogen and oxygen atoms in total. The maximum Gasteiger partial charge on any atom is 0.340 e. The molecule has 0 saturated carbocycles. The van der Waals surface area contributed by atoms with E-state index in [9.17, 15) is 19.4 Å². The number of carboxylic acids is 1. The summed E-state index contributed by atoms with van der Waals surface area (Å²) in [7, 11) is 0. The summed E-state index contributed by atoms with van der Waals surface area (Å²) in [4.78, 5) is 11.9. The monoisotopic (exact) mass is 398 g/mol. The minimum Gasteiger partial charge on any atom is -0.507 e. The van der Waals surface area contributed by atoms with Gasteiger partial charge in [-0.2, -0.15) is 0 Å². The van der Waals surface area contributed by atoms with Gasteiger partial charge in [-0.05, 0) is 62.9 Å². The van der Waals surface area contributed by atoms with E-state index in [2.05, 4.69) is 0 Å². The highest BCUT2D eigenvalue weighted by atomic mass is 19.1. The van der Waals surface area contributed by atoms with Crippen LogP contribution in [0, 0.1) is 5.82 Å². The summed E-state index contributed by atoms with van der Waals surface area (Å²) in [5, 5.41) is 20.5. The minimum absolute atomic E-state index is 0.0931. The van der Waals surface area contributed by atoms with E-state index in [-0.39, 0.29) is 23.2 Å². The second-order valence-electron chi connectivity index (χ2n) is 7.18. The van der Waals surface area contributed by atoms with Gasteiger partial charge in [-0.1, -0.05) is 42.9 Å². The highest BCUT2D eigenvalue weighted by Crippen LogP contribution is 2.37. The first-order valence-corrected chi connectivity index (χ1v) is 9.58. The maximum atomic E-state index is 13.1. The molecule has 154 valence electrons. The van der Waals surface area contributed by atoms with Crippen LogP contribution in [0.5, 0.6) is 11.5 Å². The third kappa shape index (κ3) is 5.95. The van der Waals surface area contributed by atoms with E-state index in [4.69, 9.17) is 4.74 Å². The van der Waals surface area contributed by atoms with E-state index in [0.29, 0.717) is 28.9 Å². The van der Waals surface area contributed by atoms with Gasteiger partial charge in [-0.15, -0.1) is 0 Å². The molecule has 0 radical (unpaired) electrons. The number of allylic oxidation sites excluding steroid dienone is 2. The number of hydrogen-bond acceptors (Lipinski definition) is 3. The third-order valence-electron chi connectivity index (χ3n) is 4.55. The molecule has 5 heteroatoms. The van der Waals surface area contributed by atoms with E-state index >= 15 is 0 Å². The molecule has 2 rings (SSSR count). The lowest BCUT2D eigenvalue weighted by molar-refractivity contribution is 0.0693. The lowest BCUT2D eigenvalue weighted by atomic mass is 9.97. The van der Waals surface area contributed by atoms with Crippen molar-refractivity contribution >= 4 is 18.1 Å². The van der Waals surface area contributed by atoms with Crippen molar-refractivity contribution in [1.29, 1.82) is 0 Å². The summed E-state index contributed by atoms with van der Waals surface area (Å²) in [6.07, 6.45) is 6.21. The van der Waals surface area contributed by atoms with Gasteiger partial charge in [-0.3, -0.25) is 0 Å². The topological polar surface area (TPSA) is 66.8 Å². The highest BCUT2D eigenvalue weighted by Gasteiger charge is 2.22. The Balaban J connectivity index is 2.60. The number of aromatic carboxylic acids is 1. The van der Waals surface area contributed by atoms with Gasteiger partial charge in [0.05, 0.1) is 6.10 Å². The van der Waals surface area contributed by atoms with Crippen LogP contribution in [0.15, 0.2) is 42.0 Å². The first kappa shape index (κ1) is 22.2. The number of rotatable bonds is 8. The first-order valence-electron chi connectivity index (χ1n) is 9.58. The second kappa shape index (κ2) is 9.92. The molecule has 0 saturated heterocycles. The van der Waals surface area contributed by atoms with E-state index < -0.39 is 5.97 Å². The number of hydrogen-bond donors (Lipinski definition) is 2. The predicted octanol–water partition coefficient (Wildman–Crippen LogP) is 6.09. The number of carboxylic acid groups (broad SMARTS) is 1. The van der Waals surface area contributed by atoms with Gasteiger partial charge in [-0.25, -0.2) is 9.18 Å². The molecule has 0 spiro atoms. The quantitative estimate of drug-likeness (QED) is 0.417. The Hall–Kier alpha value is -3.08. The summed E-state index contributed by atoms with van der Waals surface area (Å²) in [6, 6.07) is 7.48. The molecule has 0 aliphatic rings. The van der Waals surface area contributed by atoms with Crippen molar-refractivity contribution in [3.05, 3.63) is 70.1 Å². The fourth-order valence-electron chi connectivity index (χ4n) is 2.73. The molecule has 29 heavy (non-hydrogen) atoms. The summed E-state index contributed by atoms with van der Waals surface area (Å²) < 4.78 is 19.1. The van der Waals surface area contributed by atoms with Crippen LogP contribution < -0.4 is 4.74 Å². The molecule has 1 unspecified atom stereocenters. The number of aromatic hydroxyl groups is 1. The van der Waals surface area contributed by atoms with Gasteiger partial charge in [0, 0.05) is 5.56 Å². The zero-order valence-electron chi connectivity index (χ0n) is 17.2. The Labute approximate surface area is 171 Å². The molecule has 2 aromatic carbocycles. The van der Waals surface area contributed by atoms with Crippen LogP contribution in [0.25, 0.3) is 12.2 Å². The molecular formula is C24H27FO4. The van der Waals surface area contributed by atoms with Gasteiger partial charge < -0.3 is 14.9 Å². The average Bonchev–Trinajstić information content (AvgIpc) is 2.66. The van der Waals surface area contributed by atoms with Crippen molar-refractivity contribution in [3.63, 3.8) is 0 Å². The highest BCUT2D eigenvalue weighted by molar-refractivity contribution is 5.97. The molecular weight excluding hydrogens is 371 g/mol.